The van der Waals surface area contributed by atoms with Crippen LogP contribution in [0.4, 0.5) is 0 Å². The fourth-order valence-corrected chi connectivity index (χ4v) is 1.92. The fourth-order valence-electron chi connectivity index (χ4n) is 1.92. The van der Waals surface area contributed by atoms with Crippen molar-refractivity contribution in [3.05, 3.63) is 57.0 Å². The van der Waals surface area contributed by atoms with Gasteiger partial charge >= 0.3 is 49.4 Å². The van der Waals surface area contributed by atoms with Crippen LogP contribution in [0.25, 0.3) is 11.2 Å². The zero-order valence-electron chi connectivity index (χ0n) is 15.1. The van der Waals surface area contributed by atoms with Gasteiger partial charge < -0.3 is 18.1 Å². The Hall–Kier alpha value is -2.10. The number of nitrogens with one attached hydrogen (secondary N) is 1. The first-order chi connectivity index (χ1) is 10.8. The Kier molecular flexibility index (Phi) is 6.76. The minimum absolute atomic E-state index is 0. The molecular formula is C14H16CaN4O5. The van der Waals surface area contributed by atoms with Crippen molar-refractivity contribution in [2.24, 2.45) is 14.1 Å². The molecule has 0 aliphatic carbocycles. The molecule has 0 fully saturated rings. The molecule has 24 heavy (non-hydrogen) atoms. The molecule has 0 atom stereocenters. The maximum Gasteiger partial charge on any atom is 2.00 e. The van der Waals surface area contributed by atoms with Crippen LogP contribution in [0.15, 0.2) is 40.2 Å². The molecule has 0 radical (unpaired) electrons. The van der Waals surface area contributed by atoms with Crippen LogP contribution < -0.4 is 11.2 Å². The molecule has 0 saturated heterocycles. The van der Waals surface area contributed by atoms with Crippen molar-refractivity contribution in [1.82, 2.24) is 19.1 Å². The van der Waals surface area contributed by atoms with E-state index in [0.717, 1.165) is 4.57 Å². The molecule has 0 aliphatic rings. The first-order valence-corrected chi connectivity index (χ1v) is 6.45. The number of carboxylic acids is 1. The monoisotopic (exact) mass is 360 g/mol. The normalized spacial score (nSPS) is 9.75. The first-order valence-electron chi connectivity index (χ1n) is 6.45. The van der Waals surface area contributed by atoms with Crippen LogP contribution in [0.3, 0.4) is 0 Å². The van der Waals surface area contributed by atoms with E-state index in [-0.39, 0.29) is 63.2 Å². The topological polar surface area (TPSA) is 130 Å². The maximum absolute atomic E-state index is 11.4. The third-order valence-corrected chi connectivity index (χ3v) is 3.16. The molecule has 10 heteroatoms. The average Bonchev–Trinajstić information content (AvgIpc) is 3.01. The van der Waals surface area contributed by atoms with Gasteiger partial charge in [0.1, 0.15) is 16.8 Å². The Morgan fingerprint density at radius 1 is 1.21 bits per heavy atom. The van der Waals surface area contributed by atoms with Gasteiger partial charge in [0.2, 0.25) is 0 Å². The molecule has 0 aliphatic heterocycles. The molecule has 124 valence electrons. The molecule has 0 unspecified atom stereocenters. The summed E-state index contributed by atoms with van der Waals surface area (Å²) < 4.78 is 2.37. The number of nitrogens with zero attached hydrogens (tertiary/aromatic N) is 3. The van der Waals surface area contributed by atoms with Crippen molar-refractivity contribution in [3.8, 4) is 5.75 Å². The minimum Gasteiger partial charge on any atom is -1.00 e. The van der Waals surface area contributed by atoms with Crippen LogP contribution in [-0.2, 0) is 14.1 Å². The van der Waals surface area contributed by atoms with Crippen molar-refractivity contribution in [3.63, 3.8) is 0 Å². The van der Waals surface area contributed by atoms with E-state index in [1.807, 2.05) is 0 Å². The average molecular weight is 360 g/mol. The molecular weight excluding hydrogens is 344 g/mol. The van der Waals surface area contributed by atoms with Gasteiger partial charge in [-0.15, -0.1) is 0 Å². The number of imidazole rings is 1. The van der Waals surface area contributed by atoms with Gasteiger partial charge in [0.15, 0.2) is 5.65 Å². The molecule has 0 bridgehead atoms. The standard InChI is InChI=1S/C7H8N4O2.C7H6O3.Ca.2H/c1-10-5-4(8-3-9-5)6(12)11(2)7(10)13;8-6-4-2-1-3-5(6)7(9)10;;;/h3H,1-2H3,(H,8,9);1-4,8H,(H,9,10);;;/q;;+2;2*-1. The van der Waals surface area contributed by atoms with Gasteiger partial charge in [-0.2, -0.15) is 0 Å². The smallest absolute Gasteiger partial charge is 1.00 e. The second kappa shape index (κ2) is 8.13. The van der Waals surface area contributed by atoms with E-state index in [0.29, 0.717) is 11.2 Å². The fraction of sp³-hybridized carbons (Fsp3) is 0.143. The van der Waals surface area contributed by atoms with Crippen LogP contribution in [0.1, 0.15) is 13.2 Å². The molecule has 0 spiro atoms. The Balaban J connectivity index is 0. The van der Waals surface area contributed by atoms with Crippen molar-refractivity contribution in [2.45, 2.75) is 0 Å². The number of carboxylic acid groups (broad SMARTS) is 1. The number of aromatic amines is 1. The SMILES string of the molecule is Cn1c(=O)c2[nH]cnc2n(C)c1=O.O=C(O)c1ccccc1O.[Ca+2].[H-].[H-]. The summed E-state index contributed by atoms with van der Waals surface area (Å²) in [6, 6.07) is 5.81. The predicted octanol–water partition coefficient (Wildman–Crippen LogP) is -0.105. The molecule has 2 heterocycles. The van der Waals surface area contributed by atoms with Crippen molar-refractivity contribution < 1.29 is 17.9 Å². The van der Waals surface area contributed by atoms with E-state index in [1.54, 1.807) is 19.2 Å². The van der Waals surface area contributed by atoms with E-state index < -0.39 is 5.97 Å². The van der Waals surface area contributed by atoms with Gasteiger partial charge in [0.05, 0.1) is 6.33 Å². The molecule has 3 aromatic rings. The summed E-state index contributed by atoms with van der Waals surface area (Å²) in [6.45, 7) is 0. The molecule has 9 nitrogen and oxygen atoms in total. The number of phenols is 1. The summed E-state index contributed by atoms with van der Waals surface area (Å²) in [6.07, 6.45) is 1.39. The van der Waals surface area contributed by atoms with Crippen LogP contribution in [-0.4, -0.2) is 73.0 Å². The van der Waals surface area contributed by atoms with E-state index in [9.17, 15) is 14.4 Å². The molecule has 1 aromatic carbocycles. The predicted molar refractivity (Wildman–Crippen MR) is 89.6 cm³/mol. The summed E-state index contributed by atoms with van der Waals surface area (Å²) in [5, 5.41) is 17.3. The van der Waals surface area contributed by atoms with Crippen molar-refractivity contribution >= 4 is 54.9 Å². The van der Waals surface area contributed by atoms with Gasteiger partial charge in [-0.25, -0.2) is 14.6 Å². The van der Waals surface area contributed by atoms with Crippen molar-refractivity contribution in [2.75, 3.05) is 0 Å². The van der Waals surface area contributed by atoms with E-state index in [1.165, 1.54) is 30.1 Å². The second-order valence-corrected chi connectivity index (χ2v) is 4.63. The van der Waals surface area contributed by atoms with Crippen LogP contribution in [0.2, 0.25) is 0 Å². The van der Waals surface area contributed by atoms with Crippen LogP contribution >= 0.6 is 0 Å². The zero-order chi connectivity index (χ0) is 17.1. The minimum atomic E-state index is -1.11. The zero-order valence-corrected chi connectivity index (χ0v) is 15.3. The number of aromatic carboxylic acids is 1. The van der Waals surface area contributed by atoms with Crippen molar-refractivity contribution in [1.29, 1.82) is 0 Å². The largest absolute Gasteiger partial charge is 2.00 e. The third kappa shape index (κ3) is 3.86. The Morgan fingerprint density at radius 3 is 2.38 bits per heavy atom. The number of para-hydroxylation sites is 1. The van der Waals surface area contributed by atoms with Gasteiger partial charge in [0.25, 0.3) is 5.56 Å². The molecule has 3 rings (SSSR count). The number of aromatic nitrogens is 4. The van der Waals surface area contributed by atoms with Gasteiger partial charge in [-0.3, -0.25) is 13.9 Å². The quantitative estimate of drug-likeness (QED) is 0.519. The van der Waals surface area contributed by atoms with E-state index in [2.05, 4.69) is 9.97 Å². The molecule has 0 amide bonds. The number of aryl methyl sites for hydroxylation is 1. The van der Waals surface area contributed by atoms with Gasteiger partial charge in [0, 0.05) is 14.1 Å². The number of fused-ring (bicyclic) bond motifs is 1. The van der Waals surface area contributed by atoms with E-state index in [4.69, 9.17) is 10.2 Å². The molecule has 3 N–H and O–H groups in total. The Morgan fingerprint density at radius 2 is 1.83 bits per heavy atom. The molecule has 2 aromatic heterocycles. The maximum atomic E-state index is 11.4. The summed E-state index contributed by atoms with van der Waals surface area (Å²) >= 11 is 0. The summed E-state index contributed by atoms with van der Waals surface area (Å²) in [5.74, 6) is -1.31. The summed E-state index contributed by atoms with van der Waals surface area (Å²) in [4.78, 5) is 39.6. The first kappa shape index (κ1) is 19.9. The van der Waals surface area contributed by atoms with Gasteiger partial charge in [-0.05, 0) is 12.1 Å². The number of aromatic hydroxyl groups is 1. The number of benzene rings is 1. The number of H-pyrrole nitrogens is 1. The Labute approximate surface area is 168 Å². The summed E-state index contributed by atoms with van der Waals surface area (Å²) in [7, 11) is 3.01. The van der Waals surface area contributed by atoms with Crippen LogP contribution in [0, 0.1) is 0 Å². The Bertz CT molecular complexity index is 999. The van der Waals surface area contributed by atoms with E-state index >= 15 is 0 Å². The van der Waals surface area contributed by atoms with Crippen LogP contribution in [0.5, 0.6) is 5.75 Å². The number of carbonyl (C=O) groups is 1. The van der Waals surface area contributed by atoms with Gasteiger partial charge in [-0.1, -0.05) is 12.1 Å². The third-order valence-electron chi connectivity index (χ3n) is 3.16. The molecule has 0 saturated carbocycles. The second-order valence-electron chi connectivity index (χ2n) is 4.63. The number of rotatable bonds is 1. The number of hydrogen-bond acceptors (Lipinski definition) is 5. The summed E-state index contributed by atoms with van der Waals surface area (Å²) in [5.41, 5.74) is -0.0552. The number of hydrogen-bond donors (Lipinski definition) is 3.